The first-order valence-electron chi connectivity index (χ1n) is 6.25. The first-order chi connectivity index (χ1) is 9.56. The van der Waals surface area contributed by atoms with E-state index in [2.05, 4.69) is 4.74 Å². The minimum absolute atomic E-state index is 0.369. The molecule has 5 nitrogen and oxygen atoms in total. The van der Waals surface area contributed by atoms with Crippen LogP contribution in [0.3, 0.4) is 0 Å². The van der Waals surface area contributed by atoms with Crippen molar-refractivity contribution in [2.45, 2.75) is 25.7 Å². The standard InChI is InChI=1S/C15H20O5/c1-11(14(16)8-9-15(17)19-3)20-10-12-4-6-13(18-2)7-5-12/h4-9,11,14,16H,10H2,1-3H3/b9-8+/t11-,14+/m1/s1. The number of ether oxygens (including phenoxy) is 3. The molecule has 0 radical (unpaired) electrons. The van der Waals surface area contributed by atoms with E-state index in [1.54, 1.807) is 14.0 Å². The fraction of sp³-hybridized carbons (Fsp3) is 0.400. The van der Waals surface area contributed by atoms with Gasteiger partial charge in [0.1, 0.15) is 5.75 Å². The molecule has 2 atom stereocenters. The van der Waals surface area contributed by atoms with Gasteiger partial charge in [0, 0.05) is 6.08 Å². The number of aliphatic hydroxyl groups excluding tert-OH is 1. The van der Waals surface area contributed by atoms with Crippen LogP contribution in [0.2, 0.25) is 0 Å². The molecule has 0 aliphatic heterocycles. The van der Waals surface area contributed by atoms with Crippen LogP contribution in [0.5, 0.6) is 5.75 Å². The maximum atomic E-state index is 10.9. The van der Waals surface area contributed by atoms with E-state index in [1.807, 2.05) is 24.3 Å². The molecule has 20 heavy (non-hydrogen) atoms. The van der Waals surface area contributed by atoms with Crippen molar-refractivity contribution in [1.82, 2.24) is 0 Å². The van der Waals surface area contributed by atoms with E-state index in [4.69, 9.17) is 9.47 Å². The minimum atomic E-state index is -0.868. The average Bonchev–Trinajstić information content (AvgIpc) is 2.50. The van der Waals surface area contributed by atoms with Gasteiger partial charge in [-0.15, -0.1) is 0 Å². The molecule has 1 N–H and O–H groups in total. The summed E-state index contributed by atoms with van der Waals surface area (Å²) in [4.78, 5) is 10.9. The lowest BCUT2D eigenvalue weighted by Crippen LogP contribution is -2.24. The van der Waals surface area contributed by atoms with Gasteiger partial charge in [-0.3, -0.25) is 0 Å². The lowest BCUT2D eigenvalue weighted by atomic mass is 10.2. The topological polar surface area (TPSA) is 65.0 Å². The third kappa shape index (κ3) is 5.42. The van der Waals surface area contributed by atoms with Crippen LogP contribution in [0, 0.1) is 0 Å². The van der Waals surface area contributed by atoms with E-state index in [9.17, 15) is 9.90 Å². The van der Waals surface area contributed by atoms with Gasteiger partial charge in [0.05, 0.1) is 33.0 Å². The molecule has 0 aliphatic carbocycles. The molecule has 110 valence electrons. The van der Waals surface area contributed by atoms with Crippen LogP contribution >= 0.6 is 0 Å². The van der Waals surface area contributed by atoms with Crippen LogP contribution < -0.4 is 4.74 Å². The van der Waals surface area contributed by atoms with Gasteiger partial charge in [0.15, 0.2) is 0 Å². The van der Waals surface area contributed by atoms with Gasteiger partial charge in [-0.25, -0.2) is 4.79 Å². The molecule has 0 fully saturated rings. The van der Waals surface area contributed by atoms with Crippen LogP contribution in [-0.4, -0.2) is 37.5 Å². The van der Waals surface area contributed by atoms with Crippen molar-refractivity contribution in [2.75, 3.05) is 14.2 Å². The molecule has 0 bridgehead atoms. The fourth-order valence-electron chi connectivity index (χ4n) is 1.45. The SMILES string of the molecule is COC(=O)/C=C/[C@H](O)[C@@H](C)OCc1ccc(OC)cc1. The third-order valence-corrected chi connectivity index (χ3v) is 2.78. The second kappa shape index (κ2) is 8.35. The van der Waals surface area contributed by atoms with Crippen molar-refractivity contribution in [3.05, 3.63) is 42.0 Å². The molecule has 1 rings (SSSR count). The second-order valence-electron chi connectivity index (χ2n) is 4.24. The molecule has 0 aliphatic rings. The summed E-state index contributed by atoms with van der Waals surface area (Å²) < 4.78 is 15.0. The van der Waals surface area contributed by atoms with Gasteiger partial charge in [-0.2, -0.15) is 0 Å². The van der Waals surface area contributed by atoms with E-state index in [0.29, 0.717) is 6.61 Å². The van der Waals surface area contributed by atoms with E-state index < -0.39 is 18.2 Å². The summed E-state index contributed by atoms with van der Waals surface area (Å²) >= 11 is 0. The summed E-state index contributed by atoms with van der Waals surface area (Å²) in [5.74, 6) is 0.272. The number of methoxy groups -OCH3 is 2. The monoisotopic (exact) mass is 280 g/mol. The molecule has 5 heteroatoms. The largest absolute Gasteiger partial charge is 0.497 e. The Hall–Kier alpha value is -1.85. The number of carbonyl (C=O) groups is 1. The van der Waals surface area contributed by atoms with Crippen molar-refractivity contribution in [1.29, 1.82) is 0 Å². The predicted octanol–water partition coefficient (Wildman–Crippen LogP) is 1.69. The van der Waals surface area contributed by atoms with Gasteiger partial charge in [-0.1, -0.05) is 12.1 Å². The highest BCUT2D eigenvalue weighted by molar-refractivity contribution is 5.81. The fourth-order valence-corrected chi connectivity index (χ4v) is 1.45. The van der Waals surface area contributed by atoms with Crippen molar-refractivity contribution in [3.8, 4) is 5.75 Å². The molecule has 1 aromatic rings. The summed E-state index contributed by atoms with van der Waals surface area (Å²) in [6.07, 6.45) is 1.23. The normalized spacial score (nSPS) is 14.0. The average molecular weight is 280 g/mol. The van der Waals surface area contributed by atoms with Crippen molar-refractivity contribution in [3.63, 3.8) is 0 Å². The number of esters is 1. The van der Waals surface area contributed by atoms with E-state index >= 15 is 0 Å². The minimum Gasteiger partial charge on any atom is -0.497 e. The van der Waals surface area contributed by atoms with Gasteiger partial charge >= 0.3 is 5.97 Å². The molecular formula is C15H20O5. The first-order valence-corrected chi connectivity index (χ1v) is 6.25. The molecule has 0 saturated carbocycles. The number of benzene rings is 1. The molecule has 0 saturated heterocycles. The summed E-state index contributed by atoms with van der Waals surface area (Å²) in [7, 11) is 2.89. The van der Waals surface area contributed by atoms with Crippen LogP contribution in [0.1, 0.15) is 12.5 Å². The van der Waals surface area contributed by atoms with E-state index in [1.165, 1.54) is 19.3 Å². The van der Waals surface area contributed by atoms with Crippen LogP contribution in [0.25, 0.3) is 0 Å². The maximum absolute atomic E-state index is 10.9. The Bertz CT molecular complexity index is 438. The van der Waals surface area contributed by atoms with Crippen LogP contribution in [-0.2, 0) is 20.9 Å². The Balaban J connectivity index is 2.43. The number of rotatable bonds is 7. The number of aliphatic hydroxyl groups is 1. The second-order valence-corrected chi connectivity index (χ2v) is 4.24. The van der Waals surface area contributed by atoms with Crippen LogP contribution in [0.4, 0.5) is 0 Å². The highest BCUT2D eigenvalue weighted by Gasteiger charge is 2.12. The van der Waals surface area contributed by atoms with Gasteiger partial charge < -0.3 is 19.3 Å². The Kier molecular flexibility index (Phi) is 6.76. The Morgan fingerprint density at radius 1 is 1.30 bits per heavy atom. The van der Waals surface area contributed by atoms with Crippen molar-refractivity contribution in [2.24, 2.45) is 0 Å². The molecule has 0 aromatic heterocycles. The van der Waals surface area contributed by atoms with E-state index in [0.717, 1.165) is 11.3 Å². The van der Waals surface area contributed by atoms with Gasteiger partial charge in [-0.05, 0) is 30.7 Å². The summed E-state index contributed by atoms with van der Waals surface area (Å²) in [6.45, 7) is 2.10. The van der Waals surface area contributed by atoms with Crippen LogP contribution in [0.15, 0.2) is 36.4 Å². The van der Waals surface area contributed by atoms with E-state index in [-0.39, 0.29) is 0 Å². The Morgan fingerprint density at radius 3 is 2.50 bits per heavy atom. The highest BCUT2D eigenvalue weighted by atomic mass is 16.5. The quantitative estimate of drug-likeness (QED) is 0.608. The lowest BCUT2D eigenvalue weighted by molar-refractivity contribution is -0.134. The number of hydrogen-bond donors (Lipinski definition) is 1. The third-order valence-electron chi connectivity index (χ3n) is 2.78. The summed E-state index contributed by atoms with van der Waals surface area (Å²) in [5, 5.41) is 9.78. The lowest BCUT2D eigenvalue weighted by Gasteiger charge is -2.16. The molecule has 0 heterocycles. The van der Waals surface area contributed by atoms with Crippen molar-refractivity contribution >= 4 is 5.97 Å². The van der Waals surface area contributed by atoms with Gasteiger partial charge in [0.25, 0.3) is 0 Å². The first kappa shape index (κ1) is 16.2. The van der Waals surface area contributed by atoms with Gasteiger partial charge in [0.2, 0.25) is 0 Å². The predicted molar refractivity (Wildman–Crippen MR) is 74.4 cm³/mol. The number of carbonyl (C=O) groups excluding carboxylic acids is 1. The highest BCUT2D eigenvalue weighted by Crippen LogP contribution is 2.13. The summed E-state index contributed by atoms with van der Waals surface area (Å²) in [6, 6.07) is 7.47. The zero-order valence-corrected chi connectivity index (χ0v) is 11.9. The molecular weight excluding hydrogens is 260 g/mol. The zero-order chi connectivity index (χ0) is 15.0. The molecule has 0 spiro atoms. The smallest absolute Gasteiger partial charge is 0.330 e. The summed E-state index contributed by atoms with van der Waals surface area (Å²) in [5.41, 5.74) is 0.974. The Labute approximate surface area is 118 Å². The van der Waals surface area contributed by atoms with Crippen molar-refractivity contribution < 1.29 is 24.1 Å². The molecule has 0 amide bonds. The zero-order valence-electron chi connectivity index (χ0n) is 11.9. The maximum Gasteiger partial charge on any atom is 0.330 e. The number of hydrogen-bond acceptors (Lipinski definition) is 5. The molecule has 1 aromatic carbocycles. The molecule has 0 unspecified atom stereocenters. The Morgan fingerprint density at radius 2 is 1.95 bits per heavy atom.